The summed E-state index contributed by atoms with van der Waals surface area (Å²) in [5, 5.41) is 5.74. The SMILES string of the molecule is Cc1ccc(N2C(=O)c3ccc(C(=O)NC(C)c4csc(C)n4)cc3C2=O)c(C)c1. The van der Waals surface area contributed by atoms with Crippen LogP contribution in [0.2, 0.25) is 0 Å². The highest BCUT2D eigenvalue weighted by Crippen LogP contribution is 2.31. The Labute approximate surface area is 178 Å². The Morgan fingerprint density at radius 1 is 1.03 bits per heavy atom. The number of anilines is 1. The maximum atomic E-state index is 13.0. The summed E-state index contributed by atoms with van der Waals surface area (Å²) in [5.74, 6) is -1.11. The second kappa shape index (κ2) is 7.50. The van der Waals surface area contributed by atoms with E-state index in [9.17, 15) is 14.4 Å². The van der Waals surface area contributed by atoms with E-state index in [4.69, 9.17) is 0 Å². The predicted octanol–water partition coefficient (Wildman–Crippen LogP) is 4.36. The molecule has 3 aromatic rings. The van der Waals surface area contributed by atoms with Crippen molar-refractivity contribution < 1.29 is 14.4 Å². The van der Waals surface area contributed by atoms with Gasteiger partial charge in [-0.25, -0.2) is 9.88 Å². The van der Waals surface area contributed by atoms with Crippen LogP contribution in [0.3, 0.4) is 0 Å². The number of hydrogen-bond acceptors (Lipinski definition) is 5. The van der Waals surface area contributed by atoms with Crippen LogP contribution in [-0.4, -0.2) is 22.7 Å². The first-order valence-corrected chi connectivity index (χ1v) is 10.5. The van der Waals surface area contributed by atoms with E-state index >= 15 is 0 Å². The maximum absolute atomic E-state index is 13.0. The fraction of sp³-hybridized carbons (Fsp3) is 0.217. The molecule has 1 aliphatic heterocycles. The van der Waals surface area contributed by atoms with Gasteiger partial charge < -0.3 is 5.32 Å². The highest BCUT2D eigenvalue weighted by molar-refractivity contribution is 7.09. The molecule has 1 aliphatic rings. The average Bonchev–Trinajstić information content (AvgIpc) is 3.24. The quantitative estimate of drug-likeness (QED) is 0.637. The van der Waals surface area contributed by atoms with Gasteiger partial charge in [-0.15, -0.1) is 11.3 Å². The van der Waals surface area contributed by atoms with Gasteiger partial charge in [-0.3, -0.25) is 14.4 Å². The molecule has 0 radical (unpaired) electrons. The minimum Gasteiger partial charge on any atom is -0.344 e. The van der Waals surface area contributed by atoms with Gasteiger partial charge >= 0.3 is 0 Å². The lowest BCUT2D eigenvalue weighted by Gasteiger charge is -2.16. The standard InChI is InChI=1S/C23H21N3O3S/c1-12-5-8-20(13(2)9-12)26-22(28)17-7-6-16(10-18(17)23(26)29)21(27)24-14(3)19-11-30-15(4)25-19/h5-11,14H,1-4H3,(H,24,27). The van der Waals surface area contributed by atoms with Crippen molar-refractivity contribution in [3.8, 4) is 0 Å². The molecule has 152 valence electrons. The first-order valence-electron chi connectivity index (χ1n) is 9.59. The lowest BCUT2D eigenvalue weighted by atomic mass is 10.0. The highest BCUT2D eigenvalue weighted by Gasteiger charge is 2.37. The summed E-state index contributed by atoms with van der Waals surface area (Å²) in [5.41, 5.74) is 4.12. The zero-order valence-electron chi connectivity index (χ0n) is 17.1. The highest BCUT2D eigenvalue weighted by atomic mass is 32.1. The van der Waals surface area contributed by atoms with Crippen molar-refractivity contribution in [1.82, 2.24) is 10.3 Å². The third-order valence-corrected chi connectivity index (χ3v) is 5.96. The van der Waals surface area contributed by atoms with Gasteiger partial charge in [-0.05, 0) is 57.5 Å². The number of fused-ring (bicyclic) bond motifs is 1. The number of aromatic nitrogens is 1. The summed E-state index contributed by atoms with van der Waals surface area (Å²) < 4.78 is 0. The molecule has 4 rings (SSSR count). The number of carbonyl (C=O) groups is 3. The lowest BCUT2D eigenvalue weighted by Crippen LogP contribution is -2.30. The molecule has 0 spiro atoms. The topological polar surface area (TPSA) is 79.4 Å². The summed E-state index contributed by atoms with van der Waals surface area (Å²) >= 11 is 1.52. The van der Waals surface area contributed by atoms with E-state index in [1.807, 2.05) is 45.2 Å². The second-order valence-corrected chi connectivity index (χ2v) is 8.54. The van der Waals surface area contributed by atoms with Crippen LogP contribution in [0.4, 0.5) is 5.69 Å². The van der Waals surface area contributed by atoms with Gasteiger partial charge in [0.25, 0.3) is 17.7 Å². The van der Waals surface area contributed by atoms with Crippen LogP contribution in [0, 0.1) is 20.8 Å². The number of carbonyl (C=O) groups excluding carboxylic acids is 3. The number of imide groups is 1. The normalized spacial score (nSPS) is 14.1. The van der Waals surface area contributed by atoms with Gasteiger partial charge in [0.1, 0.15) is 0 Å². The third kappa shape index (κ3) is 3.41. The van der Waals surface area contributed by atoms with E-state index in [0.29, 0.717) is 16.8 Å². The fourth-order valence-electron chi connectivity index (χ4n) is 3.59. The molecular weight excluding hydrogens is 398 g/mol. The zero-order valence-corrected chi connectivity index (χ0v) is 18.0. The molecule has 7 heteroatoms. The lowest BCUT2D eigenvalue weighted by molar-refractivity contribution is 0.0921. The Bertz CT molecular complexity index is 1200. The van der Waals surface area contributed by atoms with Crippen molar-refractivity contribution in [2.45, 2.75) is 33.7 Å². The molecule has 2 aromatic carbocycles. The molecule has 2 heterocycles. The predicted molar refractivity (Wildman–Crippen MR) is 116 cm³/mol. The number of nitrogens with one attached hydrogen (secondary N) is 1. The molecular formula is C23H21N3O3S. The largest absolute Gasteiger partial charge is 0.344 e. The van der Waals surface area contributed by atoms with Crippen LogP contribution in [0.25, 0.3) is 0 Å². The Morgan fingerprint density at radius 2 is 1.77 bits per heavy atom. The Hall–Kier alpha value is -3.32. The van der Waals surface area contributed by atoms with Gasteiger partial charge in [-0.2, -0.15) is 0 Å². The van der Waals surface area contributed by atoms with Gasteiger partial charge in [-0.1, -0.05) is 17.7 Å². The molecule has 0 aliphatic carbocycles. The Balaban J connectivity index is 1.61. The van der Waals surface area contributed by atoms with E-state index in [1.54, 1.807) is 18.2 Å². The molecule has 3 amide bonds. The summed E-state index contributed by atoms with van der Waals surface area (Å²) in [7, 11) is 0. The number of aryl methyl sites for hydroxylation is 3. The van der Waals surface area contributed by atoms with Crippen LogP contribution >= 0.6 is 11.3 Å². The van der Waals surface area contributed by atoms with Crippen LogP contribution in [0.5, 0.6) is 0 Å². The number of amides is 3. The zero-order chi connectivity index (χ0) is 21.6. The Morgan fingerprint density at radius 3 is 2.43 bits per heavy atom. The van der Waals surface area contributed by atoms with Crippen LogP contribution in [0.15, 0.2) is 41.8 Å². The molecule has 0 saturated heterocycles. The van der Waals surface area contributed by atoms with Crippen molar-refractivity contribution >= 4 is 34.7 Å². The number of hydrogen-bond donors (Lipinski definition) is 1. The van der Waals surface area contributed by atoms with Crippen molar-refractivity contribution in [2.24, 2.45) is 0 Å². The first-order chi connectivity index (χ1) is 14.3. The summed E-state index contributed by atoms with van der Waals surface area (Å²) in [4.78, 5) is 44.2. The molecule has 0 fully saturated rings. The fourth-order valence-corrected chi connectivity index (χ4v) is 4.30. The van der Waals surface area contributed by atoms with Crippen molar-refractivity contribution in [1.29, 1.82) is 0 Å². The smallest absolute Gasteiger partial charge is 0.266 e. The van der Waals surface area contributed by atoms with Crippen LogP contribution < -0.4 is 10.2 Å². The molecule has 0 saturated carbocycles. The number of rotatable bonds is 4. The Kier molecular flexibility index (Phi) is 4.99. The van der Waals surface area contributed by atoms with E-state index in [-0.39, 0.29) is 23.4 Å². The summed E-state index contributed by atoms with van der Waals surface area (Å²) in [6.45, 7) is 7.59. The molecule has 1 atom stereocenters. The van der Waals surface area contributed by atoms with Crippen molar-refractivity contribution in [2.75, 3.05) is 4.90 Å². The van der Waals surface area contributed by atoms with E-state index in [2.05, 4.69) is 10.3 Å². The number of nitrogens with zero attached hydrogens (tertiary/aromatic N) is 2. The first kappa shape index (κ1) is 20.0. The number of benzene rings is 2. The summed E-state index contributed by atoms with van der Waals surface area (Å²) in [6, 6.07) is 9.92. The van der Waals surface area contributed by atoms with Gasteiger partial charge in [0.2, 0.25) is 0 Å². The van der Waals surface area contributed by atoms with Crippen molar-refractivity contribution in [3.63, 3.8) is 0 Å². The minimum atomic E-state index is -0.417. The molecule has 1 unspecified atom stereocenters. The van der Waals surface area contributed by atoms with Crippen LogP contribution in [-0.2, 0) is 0 Å². The number of thiazole rings is 1. The van der Waals surface area contributed by atoms with Crippen LogP contribution in [0.1, 0.15) is 65.9 Å². The molecule has 1 aromatic heterocycles. The van der Waals surface area contributed by atoms with Gasteiger partial charge in [0, 0.05) is 10.9 Å². The second-order valence-electron chi connectivity index (χ2n) is 7.48. The molecule has 0 bridgehead atoms. The minimum absolute atomic E-state index is 0.241. The maximum Gasteiger partial charge on any atom is 0.266 e. The summed E-state index contributed by atoms with van der Waals surface area (Å²) in [6.07, 6.45) is 0. The third-order valence-electron chi connectivity index (χ3n) is 5.17. The molecule has 6 nitrogen and oxygen atoms in total. The van der Waals surface area contributed by atoms with E-state index < -0.39 is 5.91 Å². The molecule has 30 heavy (non-hydrogen) atoms. The van der Waals surface area contributed by atoms with E-state index in [0.717, 1.165) is 21.8 Å². The molecule has 1 N–H and O–H groups in total. The van der Waals surface area contributed by atoms with Gasteiger partial charge in [0.05, 0.1) is 33.6 Å². The monoisotopic (exact) mass is 419 g/mol. The van der Waals surface area contributed by atoms with E-state index in [1.165, 1.54) is 22.3 Å². The van der Waals surface area contributed by atoms with Crippen molar-refractivity contribution in [3.05, 3.63) is 80.3 Å². The average molecular weight is 420 g/mol. The van der Waals surface area contributed by atoms with Gasteiger partial charge in [0.15, 0.2) is 0 Å².